The number of aliphatic carboxylic acids is 1. The van der Waals surface area contributed by atoms with Gasteiger partial charge in [-0.15, -0.1) is 11.3 Å². The zero-order chi connectivity index (χ0) is 11.6. The zero-order valence-electron chi connectivity index (χ0n) is 8.73. The van der Waals surface area contributed by atoms with Gasteiger partial charge in [0.25, 0.3) is 5.91 Å². The predicted octanol–water partition coefficient (Wildman–Crippen LogP) is 1.88. The molecule has 0 bridgehead atoms. The Labute approximate surface area is 97.3 Å². The molecule has 1 amide bonds. The molecule has 0 aliphatic heterocycles. The Morgan fingerprint density at radius 3 is 2.69 bits per heavy atom. The van der Waals surface area contributed by atoms with E-state index in [9.17, 15) is 9.59 Å². The Kier molecular flexibility index (Phi) is 2.96. The average Bonchev–Trinajstić information content (AvgIpc) is 2.66. The molecule has 86 valence electrons. The van der Waals surface area contributed by atoms with Gasteiger partial charge in [0.1, 0.15) is 0 Å². The van der Waals surface area contributed by atoms with Gasteiger partial charge in [0, 0.05) is 0 Å². The predicted molar refractivity (Wildman–Crippen MR) is 60.6 cm³/mol. The molecule has 0 radical (unpaired) electrons. The summed E-state index contributed by atoms with van der Waals surface area (Å²) in [6.45, 7) is 0. The van der Waals surface area contributed by atoms with Gasteiger partial charge in [0.05, 0.1) is 16.8 Å². The van der Waals surface area contributed by atoms with E-state index < -0.39 is 11.5 Å². The standard InChI is InChI=1S/C11H13NO3S/c13-9(14)7-11(4-2-5-11)12-10(15)8-3-1-6-16-8/h1,3,6H,2,4-5,7H2,(H,12,15)(H,13,14). The highest BCUT2D eigenvalue weighted by atomic mass is 32.1. The van der Waals surface area contributed by atoms with Crippen molar-refractivity contribution >= 4 is 23.2 Å². The van der Waals surface area contributed by atoms with Crippen molar-refractivity contribution in [3.05, 3.63) is 22.4 Å². The molecule has 1 aromatic rings. The minimum absolute atomic E-state index is 0.0180. The molecule has 2 rings (SSSR count). The molecule has 1 heterocycles. The lowest BCUT2D eigenvalue weighted by atomic mass is 9.74. The van der Waals surface area contributed by atoms with Crippen molar-refractivity contribution in [2.24, 2.45) is 0 Å². The number of thiophene rings is 1. The van der Waals surface area contributed by atoms with Crippen molar-refractivity contribution in [2.45, 2.75) is 31.2 Å². The third-order valence-corrected chi connectivity index (χ3v) is 3.79. The molecule has 1 aliphatic carbocycles. The summed E-state index contributed by atoms with van der Waals surface area (Å²) in [6.07, 6.45) is 2.52. The van der Waals surface area contributed by atoms with Gasteiger partial charge in [-0.1, -0.05) is 6.07 Å². The van der Waals surface area contributed by atoms with Crippen LogP contribution in [0.1, 0.15) is 35.4 Å². The molecule has 0 spiro atoms. The third-order valence-electron chi connectivity index (χ3n) is 2.92. The second-order valence-electron chi connectivity index (χ2n) is 4.14. The molecule has 0 aromatic carbocycles. The molecule has 4 nitrogen and oxygen atoms in total. The lowest BCUT2D eigenvalue weighted by Gasteiger charge is -2.41. The first-order chi connectivity index (χ1) is 7.61. The van der Waals surface area contributed by atoms with Gasteiger partial charge in [0.15, 0.2) is 0 Å². The van der Waals surface area contributed by atoms with Crippen LogP contribution in [0.15, 0.2) is 17.5 Å². The summed E-state index contributed by atoms with van der Waals surface area (Å²) >= 11 is 1.37. The smallest absolute Gasteiger partial charge is 0.305 e. The number of amides is 1. The van der Waals surface area contributed by atoms with Gasteiger partial charge in [-0.2, -0.15) is 0 Å². The second-order valence-corrected chi connectivity index (χ2v) is 5.08. The molecule has 0 saturated heterocycles. The van der Waals surface area contributed by atoms with Crippen molar-refractivity contribution in [3.8, 4) is 0 Å². The van der Waals surface area contributed by atoms with Crippen LogP contribution < -0.4 is 5.32 Å². The van der Waals surface area contributed by atoms with Crippen LogP contribution in [-0.4, -0.2) is 22.5 Å². The van der Waals surface area contributed by atoms with E-state index >= 15 is 0 Å². The normalized spacial score (nSPS) is 17.5. The summed E-state index contributed by atoms with van der Waals surface area (Å²) in [5.41, 5.74) is -0.507. The molecule has 0 unspecified atom stereocenters. The van der Waals surface area contributed by atoms with Gasteiger partial charge in [-0.25, -0.2) is 0 Å². The Hall–Kier alpha value is -1.36. The largest absolute Gasteiger partial charge is 0.481 e. The molecule has 1 aromatic heterocycles. The topological polar surface area (TPSA) is 66.4 Å². The molecular formula is C11H13NO3S. The van der Waals surface area contributed by atoms with Gasteiger partial charge in [0.2, 0.25) is 0 Å². The van der Waals surface area contributed by atoms with Crippen LogP contribution in [0.2, 0.25) is 0 Å². The summed E-state index contributed by atoms with van der Waals surface area (Å²) in [5.74, 6) is -1.01. The van der Waals surface area contributed by atoms with Crippen LogP contribution in [0.25, 0.3) is 0 Å². The summed E-state index contributed by atoms with van der Waals surface area (Å²) in [5, 5.41) is 13.5. The van der Waals surface area contributed by atoms with Crippen molar-refractivity contribution in [1.82, 2.24) is 5.32 Å². The SMILES string of the molecule is O=C(O)CC1(NC(=O)c2cccs2)CCC1. The fourth-order valence-corrected chi connectivity index (χ4v) is 2.57. The highest BCUT2D eigenvalue weighted by molar-refractivity contribution is 7.12. The van der Waals surface area contributed by atoms with Gasteiger partial charge in [-0.3, -0.25) is 9.59 Å². The first-order valence-electron chi connectivity index (χ1n) is 5.19. The van der Waals surface area contributed by atoms with Crippen molar-refractivity contribution in [1.29, 1.82) is 0 Å². The van der Waals surface area contributed by atoms with Gasteiger partial charge in [-0.05, 0) is 30.7 Å². The fourth-order valence-electron chi connectivity index (χ4n) is 1.95. The van der Waals surface area contributed by atoms with E-state index in [1.54, 1.807) is 6.07 Å². The van der Waals surface area contributed by atoms with E-state index in [1.165, 1.54) is 11.3 Å². The molecule has 2 N–H and O–H groups in total. The third kappa shape index (κ3) is 2.24. The number of hydrogen-bond donors (Lipinski definition) is 2. The number of hydrogen-bond acceptors (Lipinski definition) is 3. The molecule has 1 aliphatic rings. The number of carboxylic acids is 1. The van der Waals surface area contributed by atoms with Crippen LogP contribution >= 0.6 is 11.3 Å². The monoisotopic (exact) mass is 239 g/mol. The number of carbonyl (C=O) groups is 2. The molecule has 16 heavy (non-hydrogen) atoms. The molecule has 0 atom stereocenters. The Balaban J connectivity index is 2.02. The zero-order valence-corrected chi connectivity index (χ0v) is 9.55. The molecule has 5 heteroatoms. The molecule has 1 fully saturated rings. The lowest BCUT2D eigenvalue weighted by Crippen LogP contribution is -2.54. The summed E-state index contributed by atoms with van der Waals surface area (Å²) in [4.78, 5) is 23.2. The minimum Gasteiger partial charge on any atom is -0.481 e. The number of nitrogens with one attached hydrogen (secondary N) is 1. The Morgan fingerprint density at radius 2 is 2.25 bits per heavy atom. The van der Waals surface area contributed by atoms with E-state index in [0.29, 0.717) is 4.88 Å². The Bertz CT molecular complexity index is 395. The van der Waals surface area contributed by atoms with Crippen LogP contribution in [0.4, 0.5) is 0 Å². The number of carboxylic acid groups (broad SMARTS) is 1. The maximum Gasteiger partial charge on any atom is 0.305 e. The van der Waals surface area contributed by atoms with Crippen LogP contribution in [0, 0.1) is 0 Å². The highest BCUT2D eigenvalue weighted by Crippen LogP contribution is 2.35. The number of carbonyl (C=O) groups excluding carboxylic acids is 1. The second kappa shape index (κ2) is 4.25. The molecule has 1 saturated carbocycles. The minimum atomic E-state index is -0.855. The average molecular weight is 239 g/mol. The van der Waals surface area contributed by atoms with Crippen molar-refractivity contribution in [3.63, 3.8) is 0 Å². The van der Waals surface area contributed by atoms with Crippen molar-refractivity contribution < 1.29 is 14.7 Å². The number of rotatable bonds is 4. The Morgan fingerprint density at radius 1 is 1.50 bits per heavy atom. The van der Waals surface area contributed by atoms with E-state index in [0.717, 1.165) is 19.3 Å². The fraction of sp³-hybridized carbons (Fsp3) is 0.455. The van der Waals surface area contributed by atoms with E-state index in [4.69, 9.17) is 5.11 Å². The highest BCUT2D eigenvalue weighted by Gasteiger charge is 2.40. The quantitative estimate of drug-likeness (QED) is 0.843. The first-order valence-corrected chi connectivity index (χ1v) is 6.07. The van der Waals surface area contributed by atoms with Crippen LogP contribution in [0.3, 0.4) is 0 Å². The van der Waals surface area contributed by atoms with E-state index in [1.807, 2.05) is 11.4 Å². The maximum absolute atomic E-state index is 11.8. The van der Waals surface area contributed by atoms with Gasteiger partial charge < -0.3 is 10.4 Å². The summed E-state index contributed by atoms with van der Waals surface area (Å²) in [6, 6.07) is 3.55. The lowest BCUT2D eigenvalue weighted by molar-refractivity contribution is -0.139. The maximum atomic E-state index is 11.8. The summed E-state index contributed by atoms with van der Waals surface area (Å²) < 4.78 is 0. The van der Waals surface area contributed by atoms with Gasteiger partial charge >= 0.3 is 5.97 Å². The van der Waals surface area contributed by atoms with Crippen molar-refractivity contribution in [2.75, 3.05) is 0 Å². The summed E-state index contributed by atoms with van der Waals surface area (Å²) in [7, 11) is 0. The van der Waals surface area contributed by atoms with Crippen LogP contribution in [0.5, 0.6) is 0 Å². The first kappa shape index (κ1) is 11.1. The van der Waals surface area contributed by atoms with Crippen LogP contribution in [-0.2, 0) is 4.79 Å². The molecular weight excluding hydrogens is 226 g/mol. The van der Waals surface area contributed by atoms with E-state index in [-0.39, 0.29) is 12.3 Å². The van der Waals surface area contributed by atoms with E-state index in [2.05, 4.69) is 5.32 Å².